The Hall–Kier alpha value is -2.16. The van der Waals surface area contributed by atoms with E-state index in [2.05, 4.69) is 20.8 Å². The van der Waals surface area contributed by atoms with Crippen molar-refractivity contribution in [2.45, 2.75) is 57.0 Å². The second-order valence-corrected chi connectivity index (χ2v) is 8.00. The fourth-order valence-corrected chi connectivity index (χ4v) is 3.93. The normalized spacial score (nSPS) is 23.7. The SMILES string of the molecule is COCC1(CNC(=O)N2CCCC2c2nc(C(=O)NC3CC3)no2)CCC1. The first-order chi connectivity index (χ1) is 13.1. The van der Waals surface area contributed by atoms with Crippen LogP contribution in [0.3, 0.4) is 0 Å². The lowest BCUT2D eigenvalue weighted by atomic mass is 9.69. The van der Waals surface area contributed by atoms with Gasteiger partial charge in [0.1, 0.15) is 6.04 Å². The number of carbonyl (C=O) groups excluding carboxylic acids is 2. The maximum Gasteiger partial charge on any atom is 0.318 e. The molecule has 0 radical (unpaired) electrons. The van der Waals surface area contributed by atoms with Crippen LogP contribution in [-0.2, 0) is 4.74 Å². The summed E-state index contributed by atoms with van der Waals surface area (Å²) >= 11 is 0. The number of amides is 3. The molecule has 9 nitrogen and oxygen atoms in total. The number of hydrogen-bond acceptors (Lipinski definition) is 6. The first-order valence-electron chi connectivity index (χ1n) is 9.78. The minimum absolute atomic E-state index is 0.0395. The smallest absolute Gasteiger partial charge is 0.318 e. The molecule has 1 aromatic rings. The summed E-state index contributed by atoms with van der Waals surface area (Å²) in [5.41, 5.74) is 0.0676. The van der Waals surface area contributed by atoms with Crippen LogP contribution in [0.5, 0.6) is 0 Å². The molecule has 1 aromatic heterocycles. The Kier molecular flexibility index (Phi) is 5.03. The van der Waals surface area contributed by atoms with Crippen molar-refractivity contribution < 1.29 is 18.8 Å². The molecule has 4 rings (SSSR count). The maximum atomic E-state index is 12.7. The van der Waals surface area contributed by atoms with Gasteiger partial charge in [-0.05, 0) is 38.5 Å². The molecule has 2 heterocycles. The molecule has 1 aliphatic heterocycles. The molecule has 27 heavy (non-hydrogen) atoms. The third kappa shape index (κ3) is 3.92. The average Bonchev–Trinajstić information content (AvgIpc) is 3.13. The molecule has 9 heteroatoms. The first-order valence-corrected chi connectivity index (χ1v) is 9.78. The minimum Gasteiger partial charge on any atom is -0.384 e. The number of aromatic nitrogens is 2. The Morgan fingerprint density at radius 3 is 2.78 bits per heavy atom. The van der Waals surface area contributed by atoms with Crippen molar-refractivity contribution in [1.29, 1.82) is 0 Å². The average molecular weight is 377 g/mol. The van der Waals surface area contributed by atoms with Crippen LogP contribution < -0.4 is 10.6 Å². The summed E-state index contributed by atoms with van der Waals surface area (Å²) in [6, 6.07) is -0.166. The Labute approximate surface area is 158 Å². The second-order valence-electron chi connectivity index (χ2n) is 8.00. The highest BCUT2D eigenvalue weighted by atomic mass is 16.5. The molecule has 3 fully saturated rings. The van der Waals surface area contributed by atoms with Crippen LogP contribution in [0.25, 0.3) is 0 Å². The van der Waals surface area contributed by atoms with Crippen LogP contribution in [0.2, 0.25) is 0 Å². The van der Waals surface area contributed by atoms with Crippen molar-refractivity contribution in [3.05, 3.63) is 11.7 Å². The minimum atomic E-state index is -0.312. The molecule has 148 valence electrons. The van der Waals surface area contributed by atoms with Crippen molar-refractivity contribution in [2.75, 3.05) is 26.8 Å². The van der Waals surface area contributed by atoms with E-state index in [4.69, 9.17) is 9.26 Å². The Morgan fingerprint density at radius 1 is 1.30 bits per heavy atom. The van der Waals surface area contributed by atoms with Crippen LogP contribution in [0.15, 0.2) is 4.52 Å². The number of nitrogens with one attached hydrogen (secondary N) is 2. The van der Waals surface area contributed by atoms with Crippen molar-refractivity contribution >= 4 is 11.9 Å². The van der Waals surface area contributed by atoms with Crippen LogP contribution in [-0.4, -0.2) is 59.8 Å². The Bertz CT molecular complexity index is 698. The zero-order chi connectivity index (χ0) is 18.9. The van der Waals surface area contributed by atoms with Gasteiger partial charge in [0, 0.05) is 31.7 Å². The van der Waals surface area contributed by atoms with Crippen molar-refractivity contribution in [3.8, 4) is 0 Å². The number of hydrogen-bond donors (Lipinski definition) is 2. The van der Waals surface area contributed by atoms with Gasteiger partial charge >= 0.3 is 6.03 Å². The van der Waals surface area contributed by atoms with Gasteiger partial charge in [0.25, 0.3) is 11.7 Å². The van der Waals surface area contributed by atoms with Crippen LogP contribution >= 0.6 is 0 Å². The fourth-order valence-electron chi connectivity index (χ4n) is 3.93. The quantitative estimate of drug-likeness (QED) is 0.747. The highest BCUT2D eigenvalue weighted by molar-refractivity contribution is 5.90. The van der Waals surface area contributed by atoms with Gasteiger partial charge in [0.2, 0.25) is 5.89 Å². The monoisotopic (exact) mass is 377 g/mol. The lowest BCUT2D eigenvalue weighted by Crippen LogP contribution is -2.48. The molecular weight excluding hydrogens is 350 g/mol. The highest BCUT2D eigenvalue weighted by Gasteiger charge is 2.39. The molecule has 3 amide bonds. The van der Waals surface area contributed by atoms with Gasteiger partial charge in [-0.15, -0.1) is 0 Å². The summed E-state index contributed by atoms with van der Waals surface area (Å²) in [6.45, 7) is 1.92. The van der Waals surface area contributed by atoms with Crippen molar-refractivity contribution in [3.63, 3.8) is 0 Å². The first kappa shape index (κ1) is 18.2. The number of carbonyl (C=O) groups is 2. The van der Waals surface area contributed by atoms with Gasteiger partial charge in [-0.2, -0.15) is 4.98 Å². The van der Waals surface area contributed by atoms with Crippen molar-refractivity contribution in [1.82, 2.24) is 25.7 Å². The van der Waals surface area contributed by atoms with Gasteiger partial charge in [0.15, 0.2) is 0 Å². The highest BCUT2D eigenvalue weighted by Crippen LogP contribution is 2.40. The van der Waals surface area contributed by atoms with Gasteiger partial charge < -0.3 is 24.8 Å². The number of nitrogens with zero attached hydrogens (tertiary/aromatic N) is 3. The third-order valence-electron chi connectivity index (χ3n) is 5.84. The number of methoxy groups -OCH3 is 1. The molecule has 0 aromatic carbocycles. The summed E-state index contributed by atoms with van der Waals surface area (Å²) in [6.07, 6.45) is 6.95. The molecule has 3 aliphatic rings. The topological polar surface area (TPSA) is 110 Å². The molecular formula is C18H27N5O4. The van der Waals surface area contributed by atoms with E-state index in [9.17, 15) is 9.59 Å². The largest absolute Gasteiger partial charge is 0.384 e. The Morgan fingerprint density at radius 2 is 2.11 bits per heavy atom. The van der Waals surface area contributed by atoms with Crippen LogP contribution in [0, 0.1) is 5.41 Å². The van der Waals surface area contributed by atoms with Gasteiger partial charge in [0.05, 0.1) is 6.61 Å². The fraction of sp³-hybridized carbons (Fsp3) is 0.778. The molecule has 0 spiro atoms. The van der Waals surface area contributed by atoms with Gasteiger partial charge in [-0.3, -0.25) is 4.79 Å². The lowest BCUT2D eigenvalue weighted by Gasteiger charge is -2.41. The van der Waals surface area contributed by atoms with E-state index < -0.39 is 0 Å². The molecule has 2 saturated carbocycles. The number of ether oxygens (including phenoxy) is 1. The summed E-state index contributed by atoms with van der Waals surface area (Å²) in [5.74, 6) is 0.0597. The summed E-state index contributed by atoms with van der Waals surface area (Å²) in [4.78, 5) is 30.7. The molecule has 1 saturated heterocycles. The Balaban J connectivity index is 1.36. The van der Waals surface area contributed by atoms with E-state index in [1.807, 2.05) is 0 Å². The van der Waals surface area contributed by atoms with E-state index >= 15 is 0 Å². The van der Waals surface area contributed by atoms with Crippen LogP contribution in [0.1, 0.15) is 67.5 Å². The van der Waals surface area contributed by atoms with Gasteiger partial charge in [-0.25, -0.2) is 4.79 Å². The summed E-state index contributed by atoms with van der Waals surface area (Å²) in [7, 11) is 1.70. The standard InChI is InChI=1S/C18H27N5O4/c1-26-11-18(7-3-8-18)10-19-17(25)23-9-2-4-13(23)16-21-14(22-27-16)15(24)20-12-5-6-12/h12-13H,2-11H2,1H3,(H,19,25)(H,20,24). The molecule has 0 bridgehead atoms. The van der Waals surface area contributed by atoms with E-state index in [0.29, 0.717) is 25.6 Å². The zero-order valence-corrected chi connectivity index (χ0v) is 15.7. The second kappa shape index (κ2) is 7.46. The lowest BCUT2D eigenvalue weighted by molar-refractivity contribution is 0.0188. The van der Waals surface area contributed by atoms with E-state index in [1.54, 1.807) is 12.0 Å². The maximum absolute atomic E-state index is 12.7. The molecule has 1 atom stereocenters. The summed E-state index contributed by atoms with van der Waals surface area (Å²) in [5, 5.41) is 9.69. The van der Waals surface area contributed by atoms with E-state index in [0.717, 1.165) is 38.5 Å². The third-order valence-corrected chi connectivity index (χ3v) is 5.84. The molecule has 2 aliphatic carbocycles. The predicted octanol–water partition coefficient (Wildman–Crippen LogP) is 1.62. The van der Waals surface area contributed by atoms with Crippen molar-refractivity contribution in [2.24, 2.45) is 5.41 Å². The number of urea groups is 1. The number of likely N-dealkylation sites (tertiary alicyclic amines) is 1. The van der Waals surface area contributed by atoms with E-state index in [-0.39, 0.29) is 35.3 Å². The molecule has 1 unspecified atom stereocenters. The van der Waals surface area contributed by atoms with Crippen LogP contribution in [0.4, 0.5) is 4.79 Å². The predicted molar refractivity (Wildman–Crippen MR) is 95.0 cm³/mol. The van der Waals surface area contributed by atoms with Gasteiger partial charge in [-0.1, -0.05) is 11.6 Å². The van der Waals surface area contributed by atoms with E-state index in [1.165, 1.54) is 6.42 Å². The summed E-state index contributed by atoms with van der Waals surface area (Å²) < 4.78 is 10.6. The molecule has 2 N–H and O–H groups in total. The number of rotatable bonds is 7. The zero-order valence-electron chi connectivity index (χ0n) is 15.7.